The molecule has 6 heteroatoms. The summed E-state index contributed by atoms with van der Waals surface area (Å²) in [4.78, 5) is 38.4. The summed E-state index contributed by atoms with van der Waals surface area (Å²) in [5.74, 6) is -0.844. The van der Waals surface area contributed by atoms with Gasteiger partial charge in [0.05, 0.1) is 0 Å². The van der Waals surface area contributed by atoms with Gasteiger partial charge in [0.1, 0.15) is 13.2 Å². The fraction of sp³-hybridized carbons (Fsp3) is 0.878. The van der Waals surface area contributed by atoms with Gasteiger partial charge in [-0.3, -0.25) is 14.4 Å². The van der Waals surface area contributed by atoms with Crippen molar-refractivity contribution in [2.24, 2.45) is 0 Å². The molecule has 0 fully saturated rings. The molecule has 0 radical (unpaired) electrons. The maximum atomic E-state index is 12.9. The zero-order chi connectivity index (χ0) is 57.8. The molecule has 0 N–H and O–H groups in total. The van der Waals surface area contributed by atoms with Gasteiger partial charge in [-0.2, -0.15) is 0 Å². The Labute approximate surface area is 499 Å². The fourth-order valence-electron chi connectivity index (χ4n) is 10.9. The Morgan fingerprint density at radius 3 is 0.700 bits per heavy atom. The average Bonchev–Trinajstić information content (AvgIpc) is 3.46. The molecule has 0 bridgehead atoms. The third-order valence-electron chi connectivity index (χ3n) is 16.4. The number of unbranched alkanes of at least 4 members (excludes halogenated alkanes) is 50. The molecule has 0 amide bonds. The largest absolute Gasteiger partial charge is 0.462 e. The third kappa shape index (κ3) is 66.4. The van der Waals surface area contributed by atoms with Crippen molar-refractivity contribution < 1.29 is 28.6 Å². The summed E-state index contributed by atoms with van der Waals surface area (Å²) in [5.41, 5.74) is 0. The van der Waals surface area contributed by atoms with Crippen LogP contribution >= 0.6 is 0 Å². The second-order valence-corrected chi connectivity index (χ2v) is 24.5. The first-order chi connectivity index (χ1) is 39.5. The first-order valence-corrected chi connectivity index (χ1v) is 36.0. The van der Waals surface area contributed by atoms with Crippen molar-refractivity contribution in [2.45, 2.75) is 406 Å². The first kappa shape index (κ1) is 77.6. The van der Waals surface area contributed by atoms with E-state index in [4.69, 9.17) is 14.2 Å². The standard InChI is InChI=1S/C74H138O6/c1-4-7-10-13-16-19-22-25-27-29-31-33-34-35-36-37-38-39-40-42-43-45-47-49-52-55-58-61-64-67-73(76)79-70-71(69-78-72(75)66-63-60-57-54-51-24-21-18-15-12-9-6-3)80-74(77)68-65-62-59-56-53-50-48-46-44-41-32-30-28-26-23-20-17-14-11-8-5-2/h23,26,29-32,71H,4-22,24-25,27-28,33-70H2,1-3H3/b26-23-,31-29-,32-30-. The monoisotopic (exact) mass is 1120 g/mol. The van der Waals surface area contributed by atoms with E-state index >= 15 is 0 Å². The van der Waals surface area contributed by atoms with Gasteiger partial charge < -0.3 is 14.2 Å². The minimum Gasteiger partial charge on any atom is -0.462 e. The highest BCUT2D eigenvalue weighted by Gasteiger charge is 2.19. The summed E-state index contributed by atoms with van der Waals surface area (Å²) in [7, 11) is 0. The van der Waals surface area contributed by atoms with Gasteiger partial charge in [-0.25, -0.2) is 0 Å². The molecule has 0 aliphatic rings. The highest BCUT2D eigenvalue weighted by atomic mass is 16.6. The van der Waals surface area contributed by atoms with E-state index in [-0.39, 0.29) is 31.1 Å². The van der Waals surface area contributed by atoms with Gasteiger partial charge in [-0.1, -0.05) is 340 Å². The molecular formula is C74H138O6. The van der Waals surface area contributed by atoms with Crippen LogP contribution in [-0.4, -0.2) is 37.2 Å². The SMILES string of the molecule is CCCCCCC/C=C\C/C=C\CCCCCCCCCCCC(=O)OC(COC(=O)CCCCCCCCCCCCCC)COC(=O)CCCCCCCCCCCCCCCCCCC/C=C\CCCCCCCCCC. The summed E-state index contributed by atoms with van der Waals surface area (Å²) in [5, 5.41) is 0. The molecule has 0 heterocycles. The summed E-state index contributed by atoms with van der Waals surface area (Å²) >= 11 is 0. The van der Waals surface area contributed by atoms with Gasteiger partial charge in [0.2, 0.25) is 0 Å². The van der Waals surface area contributed by atoms with Crippen LogP contribution in [0.2, 0.25) is 0 Å². The lowest BCUT2D eigenvalue weighted by molar-refractivity contribution is -0.167. The molecule has 0 aliphatic carbocycles. The molecule has 0 aliphatic heterocycles. The van der Waals surface area contributed by atoms with Crippen molar-refractivity contribution in [1.82, 2.24) is 0 Å². The van der Waals surface area contributed by atoms with E-state index in [2.05, 4.69) is 57.2 Å². The fourth-order valence-corrected chi connectivity index (χ4v) is 10.9. The molecule has 1 unspecified atom stereocenters. The number of hydrogen-bond donors (Lipinski definition) is 0. The molecule has 0 rings (SSSR count). The third-order valence-corrected chi connectivity index (χ3v) is 16.4. The second kappa shape index (κ2) is 69.1. The van der Waals surface area contributed by atoms with Crippen molar-refractivity contribution in [2.75, 3.05) is 13.2 Å². The zero-order valence-electron chi connectivity index (χ0n) is 54.1. The molecular weight excluding hydrogens is 985 g/mol. The maximum absolute atomic E-state index is 12.9. The molecule has 0 spiro atoms. The lowest BCUT2D eigenvalue weighted by atomic mass is 10.0. The van der Waals surface area contributed by atoms with Gasteiger partial charge in [-0.05, 0) is 77.0 Å². The van der Waals surface area contributed by atoms with Crippen LogP contribution in [0, 0.1) is 0 Å². The van der Waals surface area contributed by atoms with Gasteiger partial charge in [0.15, 0.2) is 6.10 Å². The Bertz CT molecular complexity index is 1340. The minimum absolute atomic E-state index is 0.0683. The van der Waals surface area contributed by atoms with Crippen molar-refractivity contribution >= 4 is 17.9 Å². The quantitative estimate of drug-likeness (QED) is 0.0261. The van der Waals surface area contributed by atoms with Crippen LogP contribution in [0.4, 0.5) is 0 Å². The van der Waals surface area contributed by atoms with Crippen LogP contribution in [-0.2, 0) is 28.6 Å². The van der Waals surface area contributed by atoms with Crippen LogP contribution in [0.1, 0.15) is 400 Å². The second-order valence-electron chi connectivity index (χ2n) is 24.5. The molecule has 0 aromatic heterocycles. The molecule has 470 valence electrons. The Morgan fingerprint density at radius 1 is 0.250 bits per heavy atom. The number of carbonyl (C=O) groups is 3. The highest BCUT2D eigenvalue weighted by Crippen LogP contribution is 2.18. The van der Waals surface area contributed by atoms with Crippen LogP contribution in [0.5, 0.6) is 0 Å². The molecule has 80 heavy (non-hydrogen) atoms. The smallest absolute Gasteiger partial charge is 0.306 e. The zero-order valence-corrected chi connectivity index (χ0v) is 54.1. The number of esters is 3. The predicted molar refractivity (Wildman–Crippen MR) is 349 cm³/mol. The van der Waals surface area contributed by atoms with E-state index in [1.165, 1.54) is 295 Å². The Balaban J connectivity index is 4.17. The number of hydrogen-bond acceptors (Lipinski definition) is 6. The number of carbonyl (C=O) groups excluding carboxylic acids is 3. The predicted octanol–water partition coefficient (Wildman–Crippen LogP) is 24.7. The van der Waals surface area contributed by atoms with Gasteiger partial charge in [0, 0.05) is 19.3 Å². The van der Waals surface area contributed by atoms with Crippen LogP contribution in [0.3, 0.4) is 0 Å². The number of rotatable bonds is 67. The molecule has 0 saturated heterocycles. The first-order valence-electron chi connectivity index (χ1n) is 36.0. The van der Waals surface area contributed by atoms with Crippen LogP contribution in [0.25, 0.3) is 0 Å². The molecule has 6 nitrogen and oxygen atoms in total. The van der Waals surface area contributed by atoms with E-state index in [9.17, 15) is 14.4 Å². The Kier molecular flexibility index (Phi) is 67.1. The topological polar surface area (TPSA) is 78.9 Å². The summed E-state index contributed by atoms with van der Waals surface area (Å²) in [6.07, 6.45) is 86.1. The number of allylic oxidation sites excluding steroid dienone is 6. The van der Waals surface area contributed by atoms with Gasteiger partial charge in [-0.15, -0.1) is 0 Å². The van der Waals surface area contributed by atoms with Crippen LogP contribution < -0.4 is 0 Å². The highest BCUT2D eigenvalue weighted by molar-refractivity contribution is 5.71. The lowest BCUT2D eigenvalue weighted by Crippen LogP contribution is -2.30. The molecule has 0 aromatic rings. The molecule has 1 atom stereocenters. The minimum atomic E-state index is -0.772. The van der Waals surface area contributed by atoms with Crippen LogP contribution in [0.15, 0.2) is 36.5 Å². The Hall–Kier alpha value is -2.37. The van der Waals surface area contributed by atoms with Gasteiger partial charge in [0.25, 0.3) is 0 Å². The van der Waals surface area contributed by atoms with Crippen molar-refractivity contribution in [3.63, 3.8) is 0 Å². The molecule has 0 saturated carbocycles. The number of ether oxygens (including phenoxy) is 3. The summed E-state index contributed by atoms with van der Waals surface area (Å²) in [6.45, 7) is 6.69. The van der Waals surface area contributed by atoms with Crippen molar-refractivity contribution in [1.29, 1.82) is 0 Å². The van der Waals surface area contributed by atoms with E-state index < -0.39 is 6.10 Å². The van der Waals surface area contributed by atoms with E-state index in [0.29, 0.717) is 19.3 Å². The summed E-state index contributed by atoms with van der Waals surface area (Å²) < 4.78 is 17.0. The Morgan fingerprint density at radius 2 is 0.450 bits per heavy atom. The van der Waals surface area contributed by atoms with Crippen molar-refractivity contribution in [3.05, 3.63) is 36.5 Å². The molecule has 0 aromatic carbocycles. The van der Waals surface area contributed by atoms with E-state index in [1.807, 2.05) is 0 Å². The lowest BCUT2D eigenvalue weighted by Gasteiger charge is -2.18. The maximum Gasteiger partial charge on any atom is 0.306 e. The normalized spacial score (nSPS) is 12.2. The summed E-state index contributed by atoms with van der Waals surface area (Å²) in [6, 6.07) is 0. The van der Waals surface area contributed by atoms with E-state index in [0.717, 1.165) is 64.2 Å². The average molecular weight is 1120 g/mol. The van der Waals surface area contributed by atoms with E-state index in [1.54, 1.807) is 0 Å². The van der Waals surface area contributed by atoms with Crippen molar-refractivity contribution in [3.8, 4) is 0 Å². The van der Waals surface area contributed by atoms with Gasteiger partial charge >= 0.3 is 17.9 Å².